The Labute approximate surface area is 144 Å². The van der Waals surface area contributed by atoms with Crippen LogP contribution in [0.25, 0.3) is 0 Å². The number of methoxy groups -OCH3 is 1. The minimum Gasteiger partial charge on any atom is -0.385 e. The number of fused-ring (bicyclic) bond motifs is 2. The molecule has 0 atom stereocenters. The molecular formula is C16H17N3O5S. The van der Waals surface area contributed by atoms with Crippen molar-refractivity contribution in [3.63, 3.8) is 0 Å². The van der Waals surface area contributed by atoms with E-state index in [1.54, 1.807) is 7.11 Å². The quantitative estimate of drug-likeness (QED) is 0.773. The van der Waals surface area contributed by atoms with Crippen LogP contribution in [0.1, 0.15) is 27.3 Å². The number of hydrogen-bond donors (Lipinski definition) is 2. The molecule has 0 aliphatic carbocycles. The van der Waals surface area contributed by atoms with Crippen LogP contribution in [0.2, 0.25) is 0 Å². The van der Waals surface area contributed by atoms with Crippen LogP contribution < -0.4 is 10.6 Å². The molecule has 9 heteroatoms. The molecule has 25 heavy (non-hydrogen) atoms. The Morgan fingerprint density at radius 1 is 1.32 bits per heavy atom. The fourth-order valence-electron chi connectivity index (χ4n) is 2.56. The molecule has 132 valence electrons. The summed E-state index contributed by atoms with van der Waals surface area (Å²) in [5, 5.41) is 5.27. The van der Waals surface area contributed by atoms with Crippen molar-refractivity contribution >= 4 is 27.5 Å². The highest BCUT2D eigenvalue weighted by molar-refractivity contribution is 7.90. The van der Waals surface area contributed by atoms with Gasteiger partial charge in [0.05, 0.1) is 5.69 Å². The van der Waals surface area contributed by atoms with Crippen LogP contribution in [-0.2, 0) is 14.8 Å². The molecule has 0 spiro atoms. The van der Waals surface area contributed by atoms with Gasteiger partial charge in [0.2, 0.25) is 0 Å². The van der Waals surface area contributed by atoms with Gasteiger partial charge in [-0.1, -0.05) is 0 Å². The Bertz CT molecular complexity index is 933. The van der Waals surface area contributed by atoms with Gasteiger partial charge in [-0.25, -0.2) is 12.4 Å². The van der Waals surface area contributed by atoms with Crippen LogP contribution >= 0.6 is 0 Å². The average molecular weight is 363 g/mol. The Morgan fingerprint density at radius 3 is 2.88 bits per heavy atom. The summed E-state index contributed by atoms with van der Waals surface area (Å²) in [5.74, 6) is -0.903. The molecule has 0 radical (unpaired) electrons. The Kier molecular flexibility index (Phi) is 4.60. The molecule has 1 aromatic carbocycles. The predicted octanol–water partition coefficient (Wildman–Crippen LogP) is 1.06. The van der Waals surface area contributed by atoms with Gasteiger partial charge in [-0.3, -0.25) is 9.59 Å². The fourth-order valence-corrected chi connectivity index (χ4v) is 4.03. The molecule has 1 aliphatic heterocycles. The summed E-state index contributed by atoms with van der Waals surface area (Å²) in [4.78, 5) is 24.3. The number of amides is 2. The van der Waals surface area contributed by atoms with Gasteiger partial charge in [0, 0.05) is 32.0 Å². The summed E-state index contributed by atoms with van der Waals surface area (Å²) in [5.41, 5.74) is 0.359. The number of ether oxygens (including phenoxy) is 1. The van der Waals surface area contributed by atoms with E-state index >= 15 is 0 Å². The lowest BCUT2D eigenvalue weighted by Crippen LogP contribution is -2.25. The molecule has 1 aromatic heterocycles. The highest BCUT2D eigenvalue weighted by Gasteiger charge is 2.30. The fraction of sp³-hybridized carbons (Fsp3) is 0.250. The molecule has 3 rings (SSSR count). The van der Waals surface area contributed by atoms with Crippen molar-refractivity contribution in [3.8, 4) is 0 Å². The van der Waals surface area contributed by atoms with Gasteiger partial charge in [0.1, 0.15) is 10.6 Å². The highest BCUT2D eigenvalue weighted by Crippen LogP contribution is 2.29. The van der Waals surface area contributed by atoms with Crippen LogP contribution in [0.5, 0.6) is 0 Å². The zero-order chi connectivity index (χ0) is 18.0. The SMILES string of the molecule is COCCCNC(=O)c1ccc2c(c1)NC(=O)c1cccn1S2(=O)=O. The van der Waals surface area contributed by atoms with Crippen molar-refractivity contribution in [2.75, 3.05) is 25.6 Å². The Morgan fingerprint density at radius 2 is 2.12 bits per heavy atom. The van der Waals surface area contributed by atoms with E-state index in [1.165, 1.54) is 36.5 Å². The predicted molar refractivity (Wildman–Crippen MR) is 90.2 cm³/mol. The largest absolute Gasteiger partial charge is 0.385 e. The number of rotatable bonds is 5. The number of carbonyl (C=O) groups is 2. The maximum atomic E-state index is 12.7. The van der Waals surface area contributed by atoms with Gasteiger partial charge < -0.3 is 15.4 Å². The van der Waals surface area contributed by atoms with E-state index in [4.69, 9.17) is 4.74 Å². The molecule has 8 nitrogen and oxygen atoms in total. The molecule has 0 saturated carbocycles. The van der Waals surface area contributed by atoms with Crippen molar-refractivity contribution in [1.29, 1.82) is 0 Å². The number of nitrogens with one attached hydrogen (secondary N) is 2. The molecule has 2 amide bonds. The van der Waals surface area contributed by atoms with Gasteiger partial charge in [0.15, 0.2) is 0 Å². The molecule has 0 saturated heterocycles. The zero-order valence-corrected chi connectivity index (χ0v) is 14.3. The van der Waals surface area contributed by atoms with Gasteiger partial charge in [0.25, 0.3) is 21.8 Å². The summed E-state index contributed by atoms with van der Waals surface area (Å²) in [6, 6.07) is 7.01. The first-order valence-corrected chi connectivity index (χ1v) is 9.04. The molecule has 1 aliphatic rings. The van der Waals surface area contributed by atoms with Crippen molar-refractivity contribution in [2.45, 2.75) is 11.3 Å². The van der Waals surface area contributed by atoms with Gasteiger partial charge in [-0.15, -0.1) is 0 Å². The van der Waals surface area contributed by atoms with E-state index < -0.39 is 15.9 Å². The number of nitrogens with zero attached hydrogens (tertiary/aromatic N) is 1. The van der Waals surface area contributed by atoms with E-state index in [0.717, 1.165) is 3.97 Å². The van der Waals surface area contributed by atoms with Crippen LogP contribution in [0.4, 0.5) is 5.69 Å². The molecule has 0 unspecified atom stereocenters. The lowest BCUT2D eigenvalue weighted by atomic mass is 10.2. The van der Waals surface area contributed by atoms with E-state index in [9.17, 15) is 18.0 Å². The maximum absolute atomic E-state index is 12.7. The smallest absolute Gasteiger partial charge is 0.273 e. The number of hydrogen-bond acceptors (Lipinski definition) is 5. The second-order valence-corrected chi connectivity index (χ2v) is 7.24. The number of carbonyl (C=O) groups excluding carboxylic acids is 2. The minimum absolute atomic E-state index is 0.0155. The highest BCUT2D eigenvalue weighted by atomic mass is 32.2. The Balaban J connectivity index is 1.92. The van der Waals surface area contributed by atoms with E-state index in [0.29, 0.717) is 19.6 Å². The normalized spacial score (nSPS) is 14.8. The lowest BCUT2D eigenvalue weighted by molar-refractivity contribution is 0.0947. The molecule has 2 heterocycles. The van der Waals surface area contributed by atoms with Crippen LogP contribution in [0.3, 0.4) is 0 Å². The molecule has 0 fully saturated rings. The molecule has 2 aromatic rings. The van der Waals surface area contributed by atoms with Gasteiger partial charge >= 0.3 is 0 Å². The van der Waals surface area contributed by atoms with Crippen molar-refractivity contribution in [3.05, 3.63) is 47.8 Å². The lowest BCUT2D eigenvalue weighted by Gasteiger charge is -2.10. The van der Waals surface area contributed by atoms with Crippen molar-refractivity contribution < 1.29 is 22.7 Å². The average Bonchev–Trinajstić information content (AvgIpc) is 3.06. The van der Waals surface area contributed by atoms with Crippen LogP contribution in [0, 0.1) is 0 Å². The zero-order valence-electron chi connectivity index (χ0n) is 13.5. The van der Waals surface area contributed by atoms with Gasteiger partial charge in [-0.2, -0.15) is 0 Å². The summed E-state index contributed by atoms with van der Waals surface area (Å²) < 4.78 is 31.2. The second-order valence-electron chi connectivity index (χ2n) is 5.46. The Hall–Kier alpha value is -2.65. The van der Waals surface area contributed by atoms with Gasteiger partial charge in [-0.05, 0) is 36.8 Å². The van der Waals surface area contributed by atoms with Crippen molar-refractivity contribution in [2.24, 2.45) is 0 Å². The third-order valence-corrected chi connectivity index (χ3v) is 5.53. The number of anilines is 1. The van der Waals surface area contributed by atoms with E-state index in [1.807, 2.05) is 0 Å². The summed E-state index contributed by atoms with van der Waals surface area (Å²) in [6.45, 7) is 0.955. The maximum Gasteiger partial charge on any atom is 0.273 e. The third-order valence-electron chi connectivity index (χ3n) is 3.78. The summed E-state index contributed by atoms with van der Waals surface area (Å²) >= 11 is 0. The first kappa shape index (κ1) is 17.2. The minimum atomic E-state index is -3.91. The topological polar surface area (TPSA) is 106 Å². The number of aromatic nitrogens is 1. The molecule has 0 bridgehead atoms. The summed E-state index contributed by atoms with van der Waals surface area (Å²) in [7, 11) is -2.33. The van der Waals surface area contributed by atoms with Crippen molar-refractivity contribution in [1.82, 2.24) is 9.29 Å². The first-order chi connectivity index (χ1) is 11.9. The van der Waals surface area contributed by atoms with E-state index in [-0.39, 0.29) is 27.7 Å². The van der Waals surface area contributed by atoms with Crippen LogP contribution in [-0.4, -0.2) is 44.5 Å². The molecular weight excluding hydrogens is 346 g/mol. The van der Waals surface area contributed by atoms with Crippen LogP contribution in [0.15, 0.2) is 41.4 Å². The summed E-state index contributed by atoms with van der Waals surface area (Å²) in [6.07, 6.45) is 1.98. The third kappa shape index (κ3) is 3.15. The monoisotopic (exact) mass is 363 g/mol. The standard InChI is InChI=1S/C16H17N3O5S/c1-24-9-3-7-17-15(20)11-5-6-14-12(10-11)18-16(21)13-4-2-8-19(13)25(14,22)23/h2,4-6,8,10H,3,7,9H2,1H3,(H,17,20)(H,18,21). The second kappa shape index (κ2) is 6.69. The number of benzene rings is 1. The van der Waals surface area contributed by atoms with E-state index in [2.05, 4.69) is 10.6 Å². The molecule has 2 N–H and O–H groups in total. The first-order valence-electron chi connectivity index (χ1n) is 7.60.